The van der Waals surface area contributed by atoms with Crippen LogP contribution in [0, 0.1) is 22.8 Å². The van der Waals surface area contributed by atoms with Gasteiger partial charge in [0, 0.05) is 13.1 Å². The van der Waals surface area contributed by atoms with Crippen LogP contribution in [-0.2, 0) is 0 Å². The maximum Gasteiger partial charge on any atom is 0.179 e. The third-order valence-corrected chi connectivity index (χ3v) is 2.33. The molecule has 0 amide bonds. The minimum Gasteiger partial charge on any atom is -0.310 e. The zero-order chi connectivity index (χ0) is 9.19. The molecular formula is C10H18N2. The first-order chi connectivity index (χ1) is 5.51. The number of likely N-dealkylation sites (tertiary alicyclic amines) is 1. The fourth-order valence-corrected chi connectivity index (χ4v) is 1.96. The van der Waals surface area contributed by atoms with Gasteiger partial charge in [-0.25, -0.2) is 0 Å². The summed E-state index contributed by atoms with van der Waals surface area (Å²) < 4.78 is 0. The number of rotatable bonds is 1. The van der Waals surface area contributed by atoms with E-state index in [9.17, 15) is 0 Å². The molecule has 2 nitrogen and oxygen atoms in total. The highest BCUT2D eigenvalue weighted by atomic mass is 15.1. The van der Waals surface area contributed by atoms with Crippen LogP contribution in [0.5, 0.6) is 0 Å². The fraction of sp³-hybridized carbons (Fsp3) is 0.900. The molecule has 1 atom stereocenters. The Hall–Kier alpha value is -0.710. The van der Waals surface area contributed by atoms with Gasteiger partial charge in [-0.2, -0.15) is 5.26 Å². The lowest BCUT2D eigenvalue weighted by atomic mass is 9.84. The van der Waals surface area contributed by atoms with E-state index in [-0.39, 0.29) is 0 Å². The second-order valence-electron chi connectivity index (χ2n) is 4.97. The smallest absolute Gasteiger partial charge is 0.179 e. The van der Waals surface area contributed by atoms with Crippen molar-refractivity contribution in [3.63, 3.8) is 0 Å². The Bertz CT molecular complexity index is 185. The van der Waals surface area contributed by atoms with Crippen molar-refractivity contribution in [3.8, 4) is 6.19 Å². The van der Waals surface area contributed by atoms with Crippen LogP contribution in [0.3, 0.4) is 0 Å². The molecule has 0 N–H and O–H groups in total. The molecule has 0 bridgehead atoms. The van der Waals surface area contributed by atoms with Crippen LogP contribution >= 0.6 is 0 Å². The van der Waals surface area contributed by atoms with Gasteiger partial charge < -0.3 is 4.90 Å². The van der Waals surface area contributed by atoms with E-state index in [1.807, 2.05) is 4.90 Å². The van der Waals surface area contributed by atoms with Crippen molar-refractivity contribution in [2.24, 2.45) is 11.3 Å². The van der Waals surface area contributed by atoms with Crippen LogP contribution in [0.1, 0.15) is 33.6 Å². The molecule has 1 aliphatic rings. The molecule has 0 aromatic heterocycles. The normalized spacial score (nSPS) is 24.2. The summed E-state index contributed by atoms with van der Waals surface area (Å²) >= 11 is 0. The average Bonchev–Trinajstić information content (AvgIpc) is 2.32. The van der Waals surface area contributed by atoms with Crippen molar-refractivity contribution in [2.75, 3.05) is 13.1 Å². The zero-order valence-electron chi connectivity index (χ0n) is 8.30. The van der Waals surface area contributed by atoms with E-state index in [2.05, 4.69) is 27.0 Å². The highest BCUT2D eigenvalue weighted by molar-refractivity contribution is 4.85. The van der Waals surface area contributed by atoms with Gasteiger partial charge in [0.1, 0.15) is 0 Å². The summed E-state index contributed by atoms with van der Waals surface area (Å²) in [6, 6.07) is 0. The summed E-state index contributed by atoms with van der Waals surface area (Å²) in [7, 11) is 0. The standard InChI is InChI=1S/C10H18N2/c1-10(2,3)6-9-4-5-12(7-9)8-11/h9H,4-7H2,1-3H3. The molecule has 2 heteroatoms. The molecule has 0 aromatic carbocycles. The number of nitriles is 1. The van der Waals surface area contributed by atoms with Gasteiger partial charge >= 0.3 is 0 Å². The van der Waals surface area contributed by atoms with Gasteiger partial charge in [-0.1, -0.05) is 20.8 Å². The van der Waals surface area contributed by atoms with Gasteiger partial charge in [0.15, 0.2) is 6.19 Å². The highest BCUT2D eigenvalue weighted by Crippen LogP contribution is 2.29. The molecule has 12 heavy (non-hydrogen) atoms. The van der Waals surface area contributed by atoms with E-state index in [0.717, 1.165) is 19.0 Å². The van der Waals surface area contributed by atoms with Crippen molar-refractivity contribution < 1.29 is 0 Å². The van der Waals surface area contributed by atoms with Crippen molar-refractivity contribution in [3.05, 3.63) is 0 Å². The zero-order valence-corrected chi connectivity index (χ0v) is 8.30. The van der Waals surface area contributed by atoms with Crippen LogP contribution in [0.2, 0.25) is 0 Å². The average molecular weight is 166 g/mol. The Morgan fingerprint density at radius 1 is 1.50 bits per heavy atom. The quantitative estimate of drug-likeness (QED) is 0.558. The molecule has 68 valence electrons. The predicted octanol–water partition coefficient (Wildman–Crippen LogP) is 2.23. The summed E-state index contributed by atoms with van der Waals surface area (Å²) in [6.45, 7) is 8.75. The molecule has 1 aliphatic heterocycles. The van der Waals surface area contributed by atoms with Gasteiger partial charge in [0.25, 0.3) is 0 Å². The van der Waals surface area contributed by atoms with Crippen LogP contribution in [-0.4, -0.2) is 18.0 Å². The van der Waals surface area contributed by atoms with Crippen LogP contribution < -0.4 is 0 Å². The van der Waals surface area contributed by atoms with Crippen LogP contribution in [0.4, 0.5) is 0 Å². The monoisotopic (exact) mass is 166 g/mol. The SMILES string of the molecule is CC(C)(C)CC1CCN(C#N)C1. The van der Waals surface area contributed by atoms with E-state index < -0.39 is 0 Å². The highest BCUT2D eigenvalue weighted by Gasteiger charge is 2.25. The largest absolute Gasteiger partial charge is 0.310 e. The Morgan fingerprint density at radius 2 is 2.17 bits per heavy atom. The van der Waals surface area contributed by atoms with E-state index >= 15 is 0 Å². The van der Waals surface area contributed by atoms with Crippen LogP contribution in [0.15, 0.2) is 0 Å². The van der Waals surface area contributed by atoms with Crippen molar-refractivity contribution in [1.29, 1.82) is 5.26 Å². The first-order valence-corrected chi connectivity index (χ1v) is 4.66. The summed E-state index contributed by atoms with van der Waals surface area (Å²) in [5.74, 6) is 0.740. The molecule has 1 heterocycles. The van der Waals surface area contributed by atoms with Crippen molar-refractivity contribution in [2.45, 2.75) is 33.6 Å². The minimum absolute atomic E-state index is 0.413. The predicted molar refractivity (Wildman–Crippen MR) is 49.4 cm³/mol. The van der Waals surface area contributed by atoms with E-state index in [0.29, 0.717) is 5.41 Å². The molecule has 0 aliphatic carbocycles. The molecule has 1 rings (SSSR count). The maximum atomic E-state index is 8.66. The Morgan fingerprint density at radius 3 is 2.58 bits per heavy atom. The van der Waals surface area contributed by atoms with Gasteiger partial charge in [0.2, 0.25) is 0 Å². The van der Waals surface area contributed by atoms with Crippen LogP contribution in [0.25, 0.3) is 0 Å². The third kappa shape index (κ3) is 2.73. The summed E-state index contributed by atoms with van der Waals surface area (Å²) in [4.78, 5) is 1.87. The Kier molecular flexibility index (Phi) is 2.62. The second kappa shape index (κ2) is 3.35. The molecule has 0 spiro atoms. The Labute approximate surface area is 75.2 Å². The summed E-state index contributed by atoms with van der Waals surface area (Å²) in [5.41, 5.74) is 0.413. The van der Waals surface area contributed by atoms with E-state index in [1.165, 1.54) is 12.8 Å². The molecule has 1 fully saturated rings. The lowest BCUT2D eigenvalue weighted by Crippen LogP contribution is -2.17. The molecule has 1 saturated heterocycles. The summed E-state index contributed by atoms with van der Waals surface area (Å²) in [6.07, 6.45) is 4.65. The van der Waals surface area contributed by atoms with Gasteiger partial charge in [0.05, 0.1) is 0 Å². The lowest BCUT2D eigenvalue weighted by molar-refractivity contribution is 0.296. The fourth-order valence-electron chi connectivity index (χ4n) is 1.96. The second-order valence-corrected chi connectivity index (χ2v) is 4.97. The minimum atomic E-state index is 0.413. The Balaban J connectivity index is 2.34. The molecule has 1 unspecified atom stereocenters. The number of hydrogen-bond acceptors (Lipinski definition) is 2. The maximum absolute atomic E-state index is 8.66. The van der Waals surface area contributed by atoms with Gasteiger partial charge in [-0.3, -0.25) is 0 Å². The van der Waals surface area contributed by atoms with E-state index in [1.54, 1.807) is 0 Å². The van der Waals surface area contributed by atoms with Gasteiger partial charge in [-0.15, -0.1) is 0 Å². The lowest BCUT2D eigenvalue weighted by Gasteiger charge is -2.22. The third-order valence-electron chi connectivity index (χ3n) is 2.33. The molecule has 0 saturated carbocycles. The molecular weight excluding hydrogens is 148 g/mol. The van der Waals surface area contributed by atoms with E-state index in [4.69, 9.17) is 5.26 Å². The number of hydrogen-bond donors (Lipinski definition) is 0. The number of nitrogens with zero attached hydrogens (tertiary/aromatic N) is 2. The molecule has 0 radical (unpaired) electrons. The van der Waals surface area contributed by atoms with Crippen molar-refractivity contribution >= 4 is 0 Å². The summed E-state index contributed by atoms with van der Waals surface area (Å²) in [5, 5.41) is 8.66. The topological polar surface area (TPSA) is 27.0 Å². The van der Waals surface area contributed by atoms with Crippen molar-refractivity contribution in [1.82, 2.24) is 4.90 Å². The first kappa shape index (κ1) is 9.38. The van der Waals surface area contributed by atoms with Gasteiger partial charge in [-0.05, 0) is 24.2 Å². The molecule has 0 aromatic rings. The first-order valence-electron chi connectivity index (χ1n) is 4.66.